The Morgan fingerprint density at radius 2 is 1.95 bits per heavy atom. The van der Waals surface area contributed by atoms with Crippen molar-refractivity contribution in [2.75, 3.05) is 49.7 Å². The number of aliphatic hydroxyl groups excluding tert-OH is 2. The number of halogens is 1. The van der Waals surface area contributed by atoms with E-state index in [1.807, 2.05) is 40.1 Å². The number of benzene rings is 1. The van der Waals surface area contributed by atoms with Crippen LogP contribution in [0, 0.1) is 0 Å². The molecule has 3 aromatic rings. The van der Waals surface area contributed by atoms with Gasteiger partial charge < -0.3 is 36.8 Å². The highest BCUT2D eigenvalue weighted by molar-refractivity contribution is 6.31. The Balaban J connectivity index is 1.76. The summed E-state index contributed by atoms with van der Waals surface area (Å²) in [7, 11) is 1.82. The zero-order valence-electron chi connectivity index (χ0n) is 25.1. The molecule has 0 bridgehead atoms. The number of amides is 2. The maximum absolute atomic E-state index is 13.9. The summed E-state index contributed by atoms with van der Waals surface area (Å²) >= 11 is 5.98. The van der Waals surface area contributed by atoms with Gasteiger partial charge in [-0.2, -0.15) is 0 Å². The number of aryl methyl sites for hydroxylation is 1. The fourth-order valence-corrected chi connectivity index (χ4v) is 5.77. The number of anilines is 3. The van der Waals surface area contributed by atoms with Crippen LogP contribution in [0.4, 0.5) is 17.3 Å². The van der Waals surface area contributed by atoms with Crippen molar-refractivity contribution in [1.82, 2.24) is 24.8 Å². The minimum Gasteiger partial charge on any atom is -0.392 e. The number of nitrogens with one attached hydrogen (secondary N) is 1. The van der Waals surface area contributed by atoms with E-state index in [0.717, 1.165) is 42.4 Å². The molecule has 14 heteroatoms. The minimum atomic E-state index is -0.581. The van der Waals surface area contributed by atoms with Crippen molar-refractivity contribution in [2.24, 2.45) is 0 Å². The predicted molar refractivity (Wildman–Crippen MR) is 166 cm³/mol. The van der Waals surface area contributed by atoms with E-state index >= 15 is 0 Å². The van der Waals surface area contributed by atoms with Gasteiger partial charge in [-0.25, -0.2) is 19.1 Å². The molecule has 3 heterocycles. The van der Waals surface area contributed by atoms with Gasteiger partial charge in [-0.15, -0.1) is 0 Å². The largest absolute Gasteiger partial charge is 0.392 e. The number of aromatic nitrogens is 4. The second kappa shape index (κ2) is 14.2. The maximum atomic E-state index is 13.9. The smallest absolute Gasteiger partial charge is 0.277 e. The van der Waals surface area contributed by atoms with Gasteiger partial charge in [0.05, 0.1) is 30.5 Å². The van der Waals surface area contributed by atoms with E-state index in [9.17, 15) is 19.8 Å². The molecule has 7 N–H and O–H groups in total. The number of hydrogen-bond acceptors (Lipinski definition) is 9. The first-order valence-electron chi connectivity index (χ1n) is 14.9. The van der Waals surface area contributed by atoms with Gasteiger partial charge >= 0.3 is 0 Å². The van der Waals surface area contributed by atoms with Crippen LogP contribution >= 0.6 is 11.6 Å². The third kappa shape index (κ3) is 6.94. The molecule has 0 aliphatic carbocycles. The second-order valence-electron chi connectivity index (χ2n) is 10.9. The van der Waals surface area contributed by atoms with Crippen LogP contribution in [0.2, 0.25) is 5.15 Å². The van der Waals surface area contributed by atoms with Crippen LogP contribution in [-0.2, 0) is 19.6 Å². The highest BCUT2D eigenvalue weighted by atomic mass is 35.5. The Hall–Kier alpha value is -3.68. The van der Waals surface area contributed by atoms with E-state index in [4.69, 9.17) is 23.1 Å². The standard InChI is InChI=1S/C29H42ClN9O4/c1-4-6-7-8-10-36(3)29(43)19-14-21-22(15-20(19)37-11-9-18(41)17-37)39(12-13-40)23(38(21)5-2)16-33-28(42)24-26(31)35-27(32)25(30)34-24/h14-15,18,40-41H,4-13,16-17H2,1-3H3,(H4-,31,32,33,35,42)/p+1. The van der Waals surface area contributed by atoms with Gasteiger partial charge in [0.1, 0.15) is 13.1 Å². The Kier molecular flexibility index (Phi) is 10.6. The predicted octanol–water partition coefficient (Wildman–Crippen LogP) is 1.70. The molecule has 234 valence electrons. The molecule has 1 aliphatic heterocycles. The molecule has 1 unspecified atom stereocenters. The summed E-state index contributed by atoms with van der Waals surface area (Å²) in [6.45, 7) is 6.56. The van der Waals surface area contributed by atoms with Gasteiger partial charge in [0.25, 0.3) is 17.6 Å². The monoisotopic (exact) mass is 616 g/mol. The maximum Gasteiger partial charge on any atom is 0.277 e. The average molecular weight is 617 g/mol. The quantitative estimate of drug-likeness (QED) is 0.141. The first-order valence-corrected chi connectivity index (χ1v) is 15.2. The Labute approximate surface area is 256 Å². The van der Waals surface area contributed by atoms with Gasteiger partial charge in [0.15, 0.2) is 33.5 Å². The molecule has 1 fully saturated rings. The van der Waals surface area contributed by atoms with Gasteiger partial charge in [-0.1, -0.05) is 37.8 Å². The Morgan fingerprint density at radius 1 is 1.19 bits per heavy atom. The van der Waals surface area contributed by atoms with Gasteiger partial charge in [-0.3, -0.25) is 9.59 Å². The molecule has 1 aliphatic rings. The number of β-amino-alcohol motifs (C(OH)–C–C–N with tert-alkyl or cyclic N) is 1. The third-order valence-corrected chi connectivity index (χ3v) is 8.17. The number of unbranched alkanes of at least 4 members (excludes halogenated alkanes) is 3. The molecule has 43 heavy (non-hydrogen) atoms. The number of hydrogen-bond donors (Lipinski definition) is 5. The first kappa shape index (κ1) is 32.2. The number of carbonyl (C=O) groups is 2. The van der Waals surface area contributed by atoms with Crippen LogP contribution in [0.15, 0.2) is 12.1 Å². The van der Waals surface area contributed by atoms with Crippen molar-refractivity contribution in [2.45, 2.75) is 71.7 Å². The van der Waals surface area contributed by atoms with Crippen molar-refractivity contribution in [3.05, 3.63) is 34.4 Å². The zero-order chi connectivity index (χ0) is 31.3. The van der Waals surface area contributed by atoms with Crippen molar-refractivity contribution in [1.29, 1.82) is 0 Å². The Morgan fingerprint density at radius 3 is 2.60 bits per heavy atom. The van der Waals surface area contributed by atoms with Crippen molar-refractivity contribution in [3.8, 4) is 0 Å². The van der Waals surface area contributed by atoms with Crippen molar-refractivity contribution < 1.29 is 24.4 Å². The Bertz CT molecular complexity index is 1480. The lowest BCUT2D eigenvalue weighted by Crippen LogP contribution is -2.42. The lowest BCUT2D eigenvalue weighted by molar-refractivity contribution is -0.681. The van der Waals surface area contributed by atoms with Crippen LogP contribution < -0.4 is 26.3 Å². The molecule has 2 amide bonds. The van der Waals surface area contributed by atoms with E-state index in [2.05, 4.69) is 22.2 Å². The van der Waals surface area contributed by atoms with E-state index in [1.54, 1.807) is 4.90 Å². The number of rotatable bonds is 13. The summed E-state index contributed by atoms with van der Waals surface area (Å²) in [5, 5.41) is 23.0. The molecular weight excluding hydrogens is 574 g/mol. The summed E-state index contributed by atoms with van der Waals surface area (Å²) in [5.41, 5.74) is 14.3. The number of carbonyl (C=O) groups excluding carboxylic acids is 2. The average Bonchev–Trinajstić information content (AvgIpc) is 3.55. The molecule has 0 radical (unpaired) electrons. The summed E-state index contributed by atoms with van der Waals surface area (Å²) < 4.78 is 3.94. The number of aliphatic hydroxyl groups is 2. The molecule has 0 saturated carbocycles. The van der Waals surface area contributed by atoms with E-state index in [1.165, 1.54) is 0 Å². The molecule has 1 saturated heterocycles. The number of fused-ring (bicyclic) bond motifs is 1. The van der Waals surface area contributed by atoms with Gasteiger partial charge in [-0.05, 0) is 19.8 Å². The molecule has 1 atom stereocenters. The molecule has 13 nitrogen and oxygen atoms in total. The highest BCUT2D eigenvalue weighted by Crippen LogP contribution is 2.31. The molecular formula is C29H43ClN9O4+. The van der Waals surface area contributed by atoms with Gasteiger partial charge in [0.2, 0.25) is 0 Å². The van der Waals surface area contributed by atoms with E-state index in [-0.39, 0.29) is 48.1 Å². The second-order valence-corrected chi connectivity index (χ2v) is 11.2. The SMILES string of the molecule is CCCCCCN(C)C(=O)c1cc2c(cc1N1CCC(O)C1)[n+](CCO)c(CNC(=O)c1nc(Cl)c(N)nc1N)n2CC. The minimum absolute atomic E-state index is 0.0686. The third-order valence-electron chi connectivity index (χ3n) is 7.89. The lowest BCUT2D eigenvalue weighted by atomic mass is 10.1. The molecule has 0 spiro atoms. The van der Waals surface area contributed by atoms with Crippen LogP contribution in [0.3, 0.4) is 0 Å². The summed E-state index contributed by atoms with van der Waals surface area (Å²) in [6, 6.07) is 3.86. The van der Waals surface area contributed by atoms with Crippen LogP contribution in [0.25, 0.3) is 11.0 Å². The van der Waals surface area contributed by atoms with Crippen LogP contribution in [-0.4, -0.2) is 80.9 Å². The molecule has 4 rings (SSSR count). The van der Waals surface area contributed by atoms with Crippen LogP contribution in [0.5, 0.6) is 0 Å². The fourth-order valence-electron chi connectivity index (χ4n) is 5.64. The summed E-state index contributed by atoms with van der Waals surface area (Å²) in [4.78, 5) is 38.6. The highest BCUT2D eigenvalue weighted by Gasteiger charge is 2.32. The van der Waals surface area contributed by atoms with E-state index in [0.29, 0.717) is 44.0 Å². The van der Waals surface area contributed by atoms with Crippen molar-refractivity contribution in [3.63, 3.8) is 0 Å². The number of imidazole rings is 1. The van der Waals surface area contributed by atoms with Crippen LogP contribution in [0.1, 0.15) is 72.6 Å². The van der Waals surface area contributed by atoms with Gasteiger partial charge in [0, 0.05) is 38.8 Å². The zero-order valence-corrected chi connectivity index (χ0v) is 25.9. The fraction of sp³-hybridized carbons (Fsp3) is 0.552. The number of nitrogens with zero attached hydrogens (tertiary/aromatic N) is 6. The topological polar surface area (TPSA) is 180 Å². The van der Waals surface area contributed by atoms with E-state index < -0.39 is 12.0 Å². The van der Waals surface area contributed by atoms with Crippen molar-refractivity contribution >= 4 is 51.8 Å². The summed E-state index contributed by atoms with van der Waals surface area (Å²) in [6.07, 6.45) is 4.38. The normalized spacial score (nSPS) is 14.9. The number of nitrogen functional groups attached to an aromatic ring is 2. The molecule has 1 aromatic carbocycles. The lowest BCUT2D eigenvalue weighted by Gasteiger charge is -2.24. The number of nitrogens with two attached hydrogens (primary N) is 2. The summed E-state index contributed by atoms with van der Waals surface area (Å²) in [5.74, 6) is -0.170. The molecule has 2 aromatic heterocycles. The first-order chi connectivity index (χ1) is 20.6.